The predicted molar refractivity (Wildman–Crippen MR) is 97.9 cm³/mol. The molecule has 0 spiro atoms. The lowest BCUT2D eigenvalue weighted by Gasteiger charge is -2.09. The second-order valence-electron chi connectivity index (χ2n) is 5.63. The van der Waals surface area contributed by atoms with Crippen molar-refractivity contribution >= 4 is 21.3 Å². The van der Waals surface area contributed by atoms with E-state index in [1.54, 1.807) is 18.3 Å². The Morgan fingerprint density at radius 3 is 2.50 bits per heavy atom. The highest BCUT2D eigenvalue weighted by molar-refractivity contribution is 7.90. The molecule has 6 nitrogen and oxygen atoms in total. The Bertz CT molecular complexity index is 745. The average molecular weight is 348 g/mol. The molecule has 0 saturated heterocycles. The smallest absolute Gasteiger partial charge is 0.175 e. The molecule has 1 heterocycles. The summed E-state index contributed by atoms with van der Waals surface area (Å²) in [5.74, 6) is 0.517. The molecule has 1 aromatic carbocycles. The molecule has 4 N–H and O–H groups in total. The van der Waals surface area contributed by atoms with E-state index in [2.05, 4.69) is 15.6 Å². The van der Waals surface area contributed by atoms with Crippen molar-refractivity contribution in [2.45, 2.75) is 17.7 Å². The molecule has 130 valence electrons. The molecule has 0 aliphatic carbocycles. The number of nitrogens with zero attached hydrogens (tertiary/aromatic N) is 1. The van der Waals surface area contributed by atoms with E-state index in [1.165, 1.54) is 6.26 Å². The van der Waals surface area contributed by atoms with Gasteiger partial charge in [-0.05, 0) is 55.8 Å². The minimum Gasteiger partial charge on any atom is -0.382 e. The van der Waals surface area contributed by atoms with Gasteiger partial charge in [0.15, 0.2) is 9.84 Å². The van der Waals surface area contributed by atoms with Gasteiger partial charge in [0.05, 0.1) is 10.6 Å². The number of pyridine rings is 1. The van der Waals surface area contributed by atoms with Crippen LogP contribution in [-0.4, -0.2) is 39.3 Å². The number of hydrogen-bond donors (Lipinski definition) is 3. The molecule has 0 aliphatic rings. The molecule has 2 aromatic rings. The summed E-state index contributed by atoms with van der Waals surface area (Å²) in [7, 11) is -3.12. The van der Waals surface area contributed by atoms with Crippen molar-refractivity contribution in [3.05, 3.63) is 48.2 Å². The molecule has 0 aliphatic heterocycles. The number of benzene rings is 1. The van der Waals surface area contributed by atoms with Crippen molar-refractivity contribution in [2.24, 2.45) is 0 Å². The fourth-order valence-corrected chi connectivity index (χ4v) is 2.89. The van der Waals surface area contributed by atoms with Gasteiger partial charge in [0.1, 0.15) is 5.82 Å². The minimum absolute atomic E-state index is 0.361. The van der Waals surface area contributed by atoms with Gasteiger partial charge >= 0.3 is 0 Å². The Kier molecular flexibility index (Phi) is 6.57. The van der Waals surface area contributed by atoms with Crippen LogP contribution in [0.1, 0.15) is 12.0 Å². The van der Waals surface area contributed by atoms with E-state index in [-0.39, 0.29) is 0 Å². The van der Waals surface area contributed by atoms with Crippen molar-refractivity contribution < 1.29 is 8.42 Å². The number of nitrogens with one attached hydrogen (secondary N) is 2. The van der Waals surface area contributed by atoms with Crippen molar-refractivity contribution in [1.82, 2.24) is 10.3 Å². The molecule has 0 fully saturated rings. The molecule has 0 radical (unpaired) electrons. The lowest BCUT2D eigenvalue weighted by molar-refractivity contribution is 0.602. The van der Waals surface area contributed by atoms with Crippen LogP contribution in [0.3, 0.4) is 0 Å². The van der Waals surface area contributed by atoms with E-state index in [9.17, 15) is 8.42 Å². The molecule has 2 rings (SSSR count). The SMILES string of the molecule is CS(=O)(=O)c1ccc(CCNCCCNc2cccnc2N)cc1. The minimum atomic E-state index is -3.12. The molecule has 1 aromatic heterocycles. The topological polar surface area (TPSA) is 97.1 Å². The van der Waals surface area contributed by atoms with Gasteiger partial charge in [0.25, 0.3) is 0 Å². The van der Waals surface area contributed by atoms with Gasteiger partial charge in [-0.2, -0.15) is 0 Å². The lowest BCUT2D eigenvalue weighted by atomic mass is 10.1. The summed E-state index contributed by atoms with van der Waals surface area (Å²) in [4.78, 5) is 4.39. The van der Waals surface area contributed by atoms with Gasteiger partial charge in [-0.1, -0.05) is 12.1 Å². The maximum atomic E-state index is 11.4. The highest BCUT2D eigenvalue weighted by atomic mass is 32.2. The Morgan fingerprint density at radius 1 is 1.08 bits per heavy atom. The number of aromatic nitrogens is 1. The summed E-state index contributed by atoms with van der Waals surface area (Å²) in [5, 5.41) is 6.63. The lowest BCUT2D eigenvalue weighted by Crippen LogP contribution is -2.20. The van der Waals surface area contributed by atoms with Crippen LogP contribution in [0.2, 0.25) is 0 Å². The van der Waals surface area contributed by atoms with Crippen LogP contribution >= 0.6 is 0 Å². The van der Waals surface area contributed by atoms with E-state index < -0.39 is 9.84 Å². The predicted octanol–water partition coefficient (Wildman–Crippen LogP) is 1.70. The van der Waals surface area contributed by atoms with Gasteiger partial charge in [0, 0.05) is 19.0 Å². The Balaban J connectivity index is 1.61. The van der Waals surface area contributed by atoms with Crippen LogP contribution in [0.4, 0.5) is 11.5 Å². The number of rotatable bonds is 9. The monoisotopic (exact) mass is 348 g/mol. The zero-order valence-electron chi connectivity index (χ0n) is 13.8. The highest BCUT2D eigenvalue weighted by Crippen LogP contribution is 2.13. The zero-order chi connectivity index (χ0) is 17.4. The molecule has 0 atom stereocenters. The first-order chi connectivity index (χ1) is 11.5. The third-order valence-corrected chi connectivity index (χ3v) is 4.75. The van der Waals surface area contributed by atoms with Crippen LogP contribution in [0.25, 0.3) is 0 Å². The fraction of sp³-hybridized carbons (Fsp3) is 0.353. The molecule has 7 heteroatoms. The van der Waals surface area contributed by atoms with Gasteiger partial charge in [-0.3, -0.25) is 0 Å². The maximum absolute atomic E-state index is 11.4. The highest BCUT2D eigenvalue weighted by Gasteiger charge is 2.05. The fourth-order valence-electron chi connectivity index (χ4n) is 2.26. The third kappa shape index (κ3) is 5.82. The quantitative estimate of drug-likeness (QED) is 0.597. The van der Waals surface area contributed by atoms with Crippen LogP contribution < -0.4 is 16.4 Å². The van der Waals surface area contributed by atoms with Crippen LogP contribution in [0, 0.1) is 0 Å². The number of sulfone groups is 1. The van der Waals surface area contributed by atoms with Crippen molar-refractivity contribution in [3.8, 4) is 0 Å². The van der Waals surface area contributed by atoms with Gasteiger partial charge < -0.3 is 16.4 Å². The number of nitrogens with two attached hydrogens (primary N) is 1. The number of nitrogen functional groups attached to an aromatic ring is 1. The maximum Gasteiger partial charge on any atom is 0.175 e. The Morgan fingerprint density at radius 2 is 1.83 bits per heavy atom. The summed E-state index contributed by atoms with van der Waals surface area (Å²) in [6.07, 6.45) is 4.73. The number of hydrogen-bond acceptors (Lipinski definition) is 6. The van der Waals surface area contributed by atoms with Crippen LogP contribution in [0.15, 0.2) is 47.5 Å². The third-order valence-electron chi connectivity index (χ3n) is 3.63. The van der Waals surface area contributed by atoms with Gasteiger partial charge in [-0.25, -0.2) is 13.4 Å². The van der Waals surface area contributed by atoms with Crippen LogP contribution in [-0.2, 0) is 16.3 Å². The summed E-state index contributed by atoms with van der Waals surface area (Å²) in [5.41, 5.74) is 7.74. The molecular formula is C17H24N4O2S. The largest absolute Gasteiger partial charge is 0.382 e. The number of anilines is 2. The van der Waals surface area contributed by atoms with E-state index in [0.29, 0.717) is 10.7 Å². The average Bonchev–Trinajstić information content (AvgIpc) is 2.55. The Hall–Kier alpha value is -2.12. The molecule has 0 saturated carbocycles. The van der Waals surface area contributed by atoms with Crippen molar-refractivity contribution in [1.29, 1.82) is 0 Å². The van der Waals surface area contributed by atoms with Crippen molar-refractivity contribution in [3.63, 3.8) is 0 Å². The standard InChI is InChI=1S/C17H24N4O2S/c1-24(22,23)15-7-5-14(6-8-15)9-13-19-10-3-12-20-16-4-2-11-21-17(16)18/h2,4-8,11,19-20H,3,9-10,12-13H2,1H3,(H2,18,21). The first kappa shape index (κ1) is 18.2. The van der Waals surface area contributed by atoms with E-state index in [4.69, 9.17) is 5.73 Å². The van der Waals surface area contributed by atoms with Gasteiger partial charge in [0.2, 0.25) is 0 Å². The van der Waals surface area contributed by atoms with Crippen LogP contribution in [0.5, 0.6) is 0 Å². The summed E-state index contributed by atoms with van der Waals surface area (Å²) < 4.78 is 22.8. The zero-order valence-corrected chi connectivity index (χ0v) is 14.6. The summed E-state index contributed by atoms with van der Waals surface area (Å²) in [6, 6.07) is 10.8. The van der Waals surface area contributed by atoms with Gasteiger partial charge in [-0.15, -0.1) is 0 Å². The van der Waals surface area contributed by atoms with E-state index in [1.807, 2.05) is 24.3 Å². The summed E-state index contributed by atoms with van der Waals surface area (Å²) in [6.45, 7) is 2.58. The molecule has 0 unspecified atom stereocenters. The molecule has 0 bridgehead atoms. The molecule has 0 amide bonds. The van der Waals surface area contributed by atoms with Crippen molar-refractivity contribution in [2.75, 3.05) is 36.9 Å². The van der Waals surface area contributed by atoms with E-state index >= 15 is 0 Å². The first-order valence-corrected chi connectivity index (χ1v) is 9.80. The Labute approximate surface area is 143 Å². The molecular weight excluding hydrogens is 324 g/mol. The second kappa shape index (κ2) is 8.65. The van der Waals surface area contributed by atoms with E-state index in [0.717, 1.165) is 43.7 Å². The second-order valence-corrected chi connectivity index (χ2v) is 7.65. The summed E-state index contributed by atoms with van der Waals surface area (Å²) >= 11 is 0. The molecule has 24 heavy (non-hydrogen) atoms. The first-order valence-electron chi connectivity index (χ1n) is 7.91. The normalized spacial score (nSPS) is 11.4.